The van der Waals surface area contributed by atoms with Gasteiger partial charge in [-0.05, 0) is 37.3 Å². The molecule has 0 radical (unpaired) electrons. The van der Waals surface area contributed by atoms with Crippen LogP contribution < -0.4 is 14.8 Å². The molecule has 1 N–H and O–H groups in total. The third kappa shape index (κ3) is 4.99. The molecular weight excluding hydrogens is 387 g/mol. The Morgan fingerprint density at radius 2 is 1.86 bits per heavy atom. The van der Waals surface area contributed by atoms with Crippen molar-refractivity contribution in [1.82, 2.24) is 4.31 Å². The molecule has 0 heterocycles. The first-order valence-electron chi connectivity index (χ1n) is 8.68. The van der Waals surface area contributed by atoms with Crippen LogP contribution in [0.15, 0.2) is 47.4 Å². The standard InChI is InChI=1S/C19H23FN2O5S/c1-4-22(28(24,25)18-12-14(20)10-11-17(18)26-3)13-19(23)21-15-8-6-7-9-16(15)27-5-2/h6-12H,4-5,13H2,1-3H3,(H,21,23). The molecular formula is C19H23FN2O5S. The number of para-hydroxylation sites is 2. The van der Waals surface area contributed by atoms with Crippen molar-refractivity contribution in [2.24, 2.45) is 0 Å². The Balaban J connectivity index is 2.24. The van der Waals surface area contributed by atoms with Gasteiger partial charge in [0, 0.05) is 6.54 Å². The van der Waals surface area contributed by atoms with Crippen LogP contribution in [0, 0.1) is 5.82 Å². The van der Waals surface area contributed by atoms with E-state index in [0.29, 0.717) is 18.0 Å². The predicted octanol–water partition coefficient (Wildman–Crippen LogP) is 2.88. The molecule has 2 rings (SSSR count). The largest absolute Gasteiger partial charge is 0.495 e. The van der Waals surface area contributed by atoms with E-state index in [-0.39, 0.29) is 17.2 Å². The second-order valence-electron chi connectivity index (χ2n) is 5.70. The highest BCUT2D eigenvalue weighted by atomic mass is 32.2. The van der Waals surface area contributed by atoms with Crippen molar-refractivity contribution in [3.05, 3.63) is 48.3 Å². The Labute approximate surface area is 164 Å². The molecule has 0 bridgehead atoms. The highest BCUT2D eigenvalue weighted by Gasteiger charge is 2.29. The molecule has 0 atom stereocenters. The molecule has 1 amide bonds. The topological polar surface area (TPSA) is 84.9 Å². The summed E-state index contributed by atoms with van der Waals surface area (Å²) in [4.78, 5) is 12.1. The van der Waals surface area contributed by atoms with Gasteiger partial charge in [-0.2, -0.15) is 4.31 Å². The van der Waals surface area contributed by atoms with Crippen LogP contribution in [-0.2, 0) is 14.8 Å². The molecule has 0 unspecified atom stereocenters. The lowest BCUT2D eigenvalue weighted by atomic mass is 10.3. The number of carbonyl (C=O) groups excluding carboxylic acids is 1. The number of amides is 1. The monoisotopic (exact) mass is 410 g/mol. The number of carbonyl (C=O) groups is 1. The van der Waals surface area contributed by atoms with Gasteiger partial charge in [-0.25, -0.2) is 12.8 Å². The van der Waals surface area contributed by atoms with Crippen molar-refractivity contribution in [3.63, 3.8) is 0 Å². The smallest absolute Gasteiger partial charge is 0.247 e. The number of hydrogen-bond donors (Lipinski definition) is 1. The first-order valence-corrected chi connectivity index (χ1v) is 10.1. The maximum Gasteiger partial charge on any atom is 0.247 e. The van der Waals surface area contributed by atoms with E-state index in [9.17, 15) is 17.6 Å². The third-order valence-electron chi connectivity index (χ3n) is 3.88. The van der Waals surface area contributed by atoms with Gasteiger partial charge in [-0.1, -0.05) is 19.1 Å². The highest BCUT2D eigenvalue weighted by Crippen LogP contribution is 2.28. The van der Waals surface area contributed by atoms with Crippen LogP contribution in [0.2, 0.25) is 0 Å². The van der Waals surface area contributed by atoms with Crippen molar-refractivity contribution in [3.8, 4) is 11.5 Å². The molecule has 28 heavy (non-hydrogen) atoms. The summed E-state index contributed by atoms with van der Waals surface area (Å²) < 4.78 is 50.9. The number of anilines is 1. The minimum atomic E-state index is -4.15. The number of sulfonamides is 1. The summed E-state index contributed by atoms with van der Waals surface area (Å²) in [6, 6.07) is 10.1. The average Bonchev–Trinajstić information content (AvgIpc) is 2.67. The van der Waals surface area contributed by atoms with E-state index in [0.717, 1.165) is 16.4 Å². The Hall–Kier alpha value is -2.65. The molecule has 7 nitrogen and oxygen atoms in total. The lowest BCUT2D eigenvalue weighted by Crippen LogP contribution is -2.38. The van der Waals surface area contributed by atoms with Crippen molar-refractivity contribution in [1.29, 1.82) is 0 Å². The first-order chi connectivity index (χ1) is 13.3. The van der Waals surface area contributed by atoms with Crippen LogP contribution in [0.25, 0.3) is 0 Å². The minimum absolute atomic E-state index is 0.00181. The van der Waals surface area contributed by atoms with E-state index in [1.165, 1.54) is 13.2 Å². The Kier molecular flexibility index (Phi) is 7.36. The van der Waals surface area contributed by atoms with Gasteiger partial charge in [-0.15, -0.1) is 0 Å². The molecule has 0 aliphatic heterocycles. The summed E-state index contributed by atoms with van der Waals surface area (Å²) >= 11 is 0. The average molecular weight is 410 g/mol. The molecule has 0 aliphatic rings. The fourth-order valence-electron chi connectivity index (χ4n) is 2.56. The van der Waals surface area contributed by atoms with Gasteiger partial charge >= 0.3 is 0 Å². The molecule has 0 spiro atoms. The van der Waals surface area contributed by atoms with E-state index in [1.807, 2.05) is 6.92 Å². The zero-order chi connectivity index (χ0) is 20.7. The zero-order valence-corrected chi connectivity index (χ0v) is 16.8. The van der Waals surface area contributed by atoms with E-state index in [1.54, 1.807) is 31.2 Å². The number of nitrogens with one attached hydrogen (secondary N) is 1. The van der Waals surface area contributed by atoms with Gasteiger partial charge in [-0.3, -0.25) is 4.79 Å². The summed E-state index contributed by atoms with van der Waals surface area (Å²) in [7, 11) is -2.86. The Bertz CT molecular complexity index is 934. The summed E-state index contributed by atoms with van der Waals surface area (Å²) in [5, 5.41) is 2.65. The quantitative estimate of drug-likeness (QED) is 0.687. The number of nitrogens with zero attached hydrogens (tertiary/aromatic N) is 1. The van der Waals surface area contributed by atoms with Gasteiger partial charge in [0.1, 0.15) is 22.2 Å². The summed E-state index contributed by atoms with van der Waals surface area (Å²) in [5.74, 6) is -0.781. The molecule has 0 fully saturated rings. The van der Waals surface area contributed by atoms with Crippen LogP contribution in [0.1, 0.15) is 13.8 Å². The molecule has 0 saturated heterocycles. The Morgan fingerprint density at radius 1 is 1.14 bits per heavy atom. The molecule has 0 aliphatic carbocycles. The molecule has 2 aromatic rings. The van der Waals surface area contributed by atoms with E-state index < -0.39 is 28.3 Å². The van der Waals surface area contributed by atoms with Crippen LogP contribution in [0.4, 0.5) is 10.1 Å². The lowest BCUT2D eigenvalue weighted by Gasteiger charge is -2.21. The number of hydrogen-bond acceptors (Lipinski definition) is 5. The SMILES string of the molecule is CCOc1ccccc1NC(=O)CN(CC)S(=O)(=O)c1cc(F)ccc1OC. The van der Waals surface area contributed by atoms with Crippen molar-refractivity contribution in [2.75, 3.05) is 32.1 Å². The molecule has 0 aromatic heterocycles. The fourth-order valence-corrected chi connectivity index (χ4v) is 4.13. The van der Waals surface area contributed by atoms with Crippen LogP contribution in [-0.4, -0.2) is 45.4 Å². The van der Waals surface area contributed by atoms with E-state index in [2.05, 4.69) is 5.32 Å². The van der Waals surface area contributed by atoms with Gasteiger partial charge in [0.25, 0.3) is 0 Å². The van der Waals surface area contributed by atoms with Gasteiger partial charge in [0.15, 0.2) is 0 Å². The molecule has 0 saturated carbocycles. The molecule has 9 heteroatoms. The number of benzene rings is 2. The fraction of sp³-hybridized carbons (Fsp3) is 0.316. The van der Waals surface area contributed by atoms with Crippen molar-refractivity contribution < 1.29 is 27.1 Å². The first kappa shape index (κ1) is 21.6. The second kappa shape index (κ2) is 9.52. The number of methoxy groups -OCH3 is 1. The predicted molar refractivity (Wildman–Crippen MR) is 104 cm³/mol. The number of ether oxygens (including phenoxy) is 2. The van der Waals surface area contributed by atoms with Gasteiger partial charge in [0.05, 0.1) is 25.9 Å². The maximum atomic E-state index is 13.6. The van der Waals surface area contributed by atoms with Crippen LogP contribution in [0.5, 0.6) is 11.5 Å². The van der Waals surface area contributed by atoms with Gasteiger partial charge < -0.3 is 14.8 Å². The van der Waals surface area contributed by atoms with E-state index in [4.69, 9.17) is 9.47 Å². The molecule has 152 valence electrons. The molecule has 2 aromatic carbocycles. The normalized spacial score (nSPS) is 11.3. The van der Waals surface area contributed by atoms with Crippen LogP contribution in [0.3, 0.4) is 0 Å². The highest BCUT2D eigenvalue weighted by molar-refractivity contribution is 7.89. The summed E-state index contributed by atoms with van der Waals surface area (Å²) in [6.07, 6.45) is 0. The van der Waals surface area contributed by atoms with E-state index >= 15 is 0 Å². The van der Waals surface area contributed by atoms with Crippen molar-refractivity contribution >= 4 is 21.6 Å². The minimum Gasteiger partial charge on any atom is -0.495 e. The number of rotatable bonds is 9. The third-order valence-corrected chi connectivity index (χ3v) is 5.82. The zero-order valence-electron chi connectivity index (χ0n) is 15.9. The number of halogens is 1. The summed E-state index contributed by atoms with van der Waals surface area (Å²) in [5.41, 5.74) is 0.436. The summed E-state index contributed by atoms with van der Waals surface area (Å²) in [6.45, 7) is 3.39. The Morgan fingerprint density at radius 3 is 2.50 bits per heavy atom. The maximum absolute atomic E-state index is 13.6. The van der Waals surface area contributed by atoms with Crippen LogP contribution >= 0.6 is 0 Å². The van der Waals surface area contributed by atoms with Crippen molar-refractivity contribution in [2.45, 2.75) is 18.7 Å². The van der Waals surface area contributed by atoms with Gasteiger partial charge in [0.2, 0.25) is 15.9 Å². The number of likely N-dealkylation sites (N-methyl/N-ethyl adjacent to an activating group) is 1. The lowest BCUT2D eigenvalue weighted by molar-refractivity contribution is -0.116. The second-order valence-corrected chi connectivity index (χ2v) is 7.61.